The van der Waals surface area contributed by atoms with E-state index in [4.69, 9.17) is 0 Å². The molecule has 1 amide bonds. The molecule has 2 rings (SSSR count). The number of nitrogens with one attached hydrogen (secondary N) is 1. The lowest BCUT2D eigenvalue weighted by Crippen LogP contribution is -2.47. The van der Waals surface area contributed by atoms with Crippen LogP contribution in [-0.4, -0.2) is 59.9 Å². The number of carbonyl (C=O) groups excluding carboxylic acids is 1. The summed E-state index contributed by atoms with van der Waals surface area (Å²) in [5.41, 5.74) is 0.948. The Hall–Kier alpha value is -2.25. The number of hydrogen-bond donors (Lipinski definition) is 1. The van der Waals surface area contributed by atoms with Gasteiger partial charge in [0.05, 0.1) is 4.92 Å². The molecule has 130 valence electrons. The highest BCUT2D eigenvalue weighted by atomic mass is 16.6. The predicted octanol–water partition coefficient (Wildman–Crippen LogP) is 1.40. The highest BCUT2D eigenvalue weighted by Crippen LogP contribution is 2.15. The Balaban J connectivity index is 1.91. The number of amides is 1. The minimum Gasteiger partial charge on any atom is -0.340 e. The molecule has 7 nitrogen and oxygen atoms in total. The summed E-state index contributed by atoms with van der Waals surface area (Å²) in [5.74, 6) is 0.157. The zero-order valence-corrected chi connectivity index (χ0v) is 13.8. The summed E-state index contributed by atoms with van der Waals surface area (Å²) in [6.45, 7) is 8.75. The summed E-state index contributed by atoms with van der Waals surface area (Å²) in [4.78, 5) is 26.7. The van der Waals surface area contributed by atoms with Crippen LogP contribution >= 0.6 is 0 Å². The third-order valence-corrected chi connectivity index (χ3v) is 4.03. The van der Waals surface area contributed by atoms with Crippen LogP contribution in [0, 0.1) is 10.1 Å². The molecular weight excluding hydrogens is 308 g/mol. The summed E-state index contributed by atoms with van der Waals surface area (Å²) in [6, 6.07) is 6.61. The fourth-order valence-electron chi connectivity index (χ4n) is 2.77. The van der Waals surface area contributed by atoms with E-state index < -0.39 is 4.92 Å². The van der Waals surface area contributed by atoms with Crippen molar-refractivity contribution in [2.45, 2.75) is 13.0 Å². The topological polar surface area (TPSA) is 78.7 Å². The minimum atomic E-state index is -0.394. The van der Waals surface area contributed by atoms with Crippen molar-refractivity contribution in [1.82, 2.24) is 15.1 Å². The Morgan fingerprint density at radius 2 is 2.17 bits per heavy atom. The monoisotopic (exact) mass is 332 g/mol. The number of nitrogens with zero attached hydrogens (tertiary/aromatic N) is 3. The van der Waals surface area contributed by atoms with Gasteiger partial charge in [0.15, 0.2) is 0 Å². The van der Waals surface area contributed by atoms with Gasteiger partial charge in [0.1, 0.15) is 0 Å². The van der Waals surface area contributed by atoms with Crippen LogP contribution < -0.4 is 5.32 Å². The van der Waals surface area contributed by atoms with Gasteiger partial charge in [0, 0.05) is 64.4 Å². The van der Waals surface area contributed by atoms with E-state index in [-0.39, 0.29) is 11.6 Å². The molecule has 1 aliphatic rings. The van der Waals surface area contributed by atoms with E-state index in [2.05, 4.69) is 16.8 Å². The van der Waals surface area contributed by atoms with Gasteiger partial charge < -0.3 is 10.2 Å². The summed E-state index contributed by atoms with van der Waals surface area (Å²) < 4.78 is 0. The highest BCUT2D eigenvalue weighted by Gasteiger charge is 2.17. The van der Waals surface area contributed by atoms with Crippen molar-refractivity contribution in [1.29, 1.82) is 0 Å². The van der Waals surface area contributed by atoms with Gasteiger partial charge in [-0.05, 0) is 5.56 Å². The van der Waals surface area contributed by atoms with Gasteiger partial charge >= 0.3 is 0 Å². The summed E-state index contributed by atoms with van der Waals surface area (Å²) in [6.07, 6.45) is 2.23. The molecule has 1 aromatic rings. The molecule has 7 heteroatoms. The van der Waals surface area contributed by atoms with Crippen LogP contribution in [0.25, 0.3) is 0 Å². The largest absolute Gasteiger partial charge is 0.340 e. The third-order valence-electron chi connectivity index (χ3n) is 4.03. The van der Waals surface area contributed by atoms with Crippen LogP contribution in [0.5, 0.6) is 0 Å². The maximum absolute atomic E-state index is 12.3. The van der Waals surface area contributed by atoms with Crippen LogP contribution in [0.15, 0.2) is 36.9 Å². The number of rotatable bonds is 8. The SMILES string of the molecule is C=CCN(CCC(=O)N1CCNCC1)Cc1cccc([N+](=O)[O-])c1. The lowest BCUT2D eigenvalue weighted by molar-refractivity contribution is -0.384. The molecule has 0 aromatic heterocycles. The summed E-state index contributed by atoms with van der Waals surface area (Å²) in [5, 5.41) is 14.1. The van der Waals surface area contributed by atoms with Crippen LogP contribution in [0.2, 0.25) is 0 Å². The molecule has 0 atom stereocenters. The molecule has 1 N–H and O–H groups in total. The van der Waals surface area contributed by atoms with E-state index in [1.54, 1.807) is 18.2 Å². The first-order chi connectivity index (χ1) is 11.6. The molecule has 1 fully saturated rings. The van der Waals surface area contributed by atoms with Gasteiger partial charge in [-0.1, -0.05) is 18.2 Å². The van der Waals surface area contributed by atoms with Crippen molar-refractivity contribution in [3.05, 3.63) is 52.6 Å². The van der Waals surface area contributed by atoms with Crippen molar-refractivity contribution < 1.29 is 9.72 Å². The average molecular weight is 332 g/mol. The van der Waals surface area contributed by atoms with E-state index in [0.717, 1.165) is 31.7 Å². The normalized spacial score (nSPS) is 14.6. The second-order valence-corrected chi connectivity index (χ2v) is 5.83. The maximum atomic E-state index is 12.3. The zero-order valence-electron chi connectivity index (χ0n) is 13.8. The summed E-state index contributed by atoms with van der Waals surface area (Å²) in [7, 11) is 0. The molecule has 1 aliphatic heterocycles. The van der Waals surface area contributed by atoms with Crippen molar-refractivity contribution in [3.63, 3.8) is 0 Å². The van der Waals surface area contributed by atoms with Crippen molar-refractivity contribution in [3.8, 4) is 0 Å². The molecular formula is C17H24N4O3. The maximum Gasteiger partial charge on any atom is 0.269 e. The molecule has 0 bridgehead atoms. The first-order valence-corrected chi connectivity index (χ1v) is 8.15. The van der Waals surface area contributed by atoms with E-state index >= 15 is 0 Å². The Labute approximate surface area is 142 Å². The smallest absolute Gasteiger partial charge is 0.269 e. The van der Waals surface area contributed by atoms with Crippen LogP contribution in [0.3, 0.4) is 0 Å². The average Bonchev–Trinajstić information content (AvgIpc) is 2.60. The predicted molar refractivity (Wildman–Crippen MR) is 92.6 cm³/mol. The number of benzene rings is 1. The molecule has 0 spiro atoms. The zero-order chi connectivity index (χ0) is 17.4. The number of nitro benzene ring substituents is 1. The molecule has 0 unspecified atom stereocenters. The Morgan fingerprint density at radius 3 is 2.83 bits per heavy atom. The number of piperazine rings is 1. The van der Waals surface area contributed by atoms with Crippen LogP contribution in [-0.2, 0) is 11.3 Å². The standard InChI is InChI=1S/C17H24N4O3/c1-2-9-19(10-6-17(22)20-11-7-18-8-12-20)14-15-4-3-5-16(13-15)21(23)24/h2-5,13,18H,1,6-12,14H2. The fourth-order valence-corrected chi connectivity index (χ4v) is 2.77. The van der Waals surface area contributed by atoms with Crippen molar-refractivity contribution in [2.24, 2.45) is 0 Å². The van der Waals surface area contributed by atoms with Gasteiger partial charge in [0.2, 0.25) is 5.91 Å². The molecule has 1 aromatic carbocycles. The van der Waals surface area contributed by atoms with Gasteiger partial charge in [-0.25, -0.2) is 0 Å². The van der Waals surface area contributed by atoms with Gasteiger partial charge in [-0.15, -0.1) is 6.58 Å². The van der Waals surface area contributed by atoms with E-state index in [9.17, 15) is 14.9 Å². The quantitative estimate of drug-likeness (QED) is 0.442. The lowest BCUT2D eigenvalue weighted by atomic mass is 10.2. The molecule has 1 saturated heterocycles. The first kappa shape index (κ1) is 18.1. The van der Waals surface area contributed by atoms with Gasteiger partial charge in [0.25, 0.3) is 5.69 Å². The first-order valence-electron chi connectivity index (χ1n) is 8.15. The lowest BCUT2D eigenvalue weighted by Gasteiger charge is -2.28. The van der Waals surface area contributed by atoms with Crippen molar-refractivity contribution in [2.75, 3.05) is 39.3 Å². The Bertz CT molecular complexity index is 585. The van der Waals surface area contributed by atoms with E-state index in [1.807, 2.05) is 11.0 Å². The van der Waals surface area contributed by atoms with Crippen molar-refractivity contribution >= 4 is 11.6 Å². The summed E-state index contributed by atoms with van der Waals surface area (Å²) >= 11 is 0. The second kappa shape index (κ2) is 9.14. The van der Waals surface area contributed by atoms with Gasteiger partial charge in [-0.3, -0.25) is 19.8 Å². The number of hydrogen-bond acceptors (Lipinski definition) is 5. The second-order valence-electron chi connectivity index (χ2n) is 5.83. The van der Waals surface area contributed by atoms with Crippen LogP contribution in [0.4, 0.5) is 5.69 Å². The van der Waals surface area contributed by atoms with E-state index in [1.165, 1.54) is 6.07 Å². The van der Waals surface area contributed by atoms with Gasteiger partial charge in [-0.2, -0.15) is 0 Å². The number of non-ortho nitro benzene ring substituents is 1. The minimum absolute atomic E-state index is 0.0861. The molecule has 0 saturated carbocycles. The third kappa shape index (κ3) is 5.43. The Morgan fingerprint density at radius 1 is 1.42 bits per heavy atom. The van der Waals surface area contributed by atoms with Crippen LogP contribution in [0.1, 0.15) is 12.0 Å². The molecule has 24 heavy (non-hydrogen) atoms. The molecule has 0 radical (unpaired) electrons. The number of carbonyl (C=O) groups is 1. The number of nitro groups is 1. The fraction of sp³-hybridized carbons (Fsp3) is 0.471. The Kier molecular flexibility index (Phi) is 6.89. The molecule has 0 aliphatic carbocycles. The molecule has 1 heterocycles. The van der Waals surface area contributed by atoms with E-state index in [0.29, 0.717) is 26.1 Å². The highest BCUT2D eigenvalue weighted by molar-refractivity contribution is 5.76.